The van der Waals surface area contributed by atoms with Gasteiger partial charge in [-0.2, -0.15) is 0 Å². The van der Waals surface area contributed by atoms with Gasteiger partial charge in [0.25, 0.3) is 5.91 Å². The molecule has 0 radical (unpaired) electrons. The first-order valence-corrected chi connectivity index (χ1v) is 10.3. The first-order chi connectivity index (χ1) is 12.2. The Kier molecular flexibility index (Phi) is 4.79. The Labute approximate surface area is 153 Å². The number of sulfonamides is 1. The van der Waals surface area contributed by atoms with Gasteiger partial charge in [0.1, 0.15) is 6.61 Å². The minimum Gasteiger partial charge on any atom is -0.444 e. The smallest absolute Gasteiger partial charge is 0.414 e. The van der Waals surface area contributed by atoms with Crippen LogP contribution in [0.25, 0.3) is 0 Å². The Bertz CT molecular complexity index is 861. The fraction of sp³-hybridized carbons (Fsp3) is 0.444. The molecular weight excluding hydrogens is 356 g/mol. The number of rotatable bonds is 4. The second-order valence-corrected chi connectivity index (χ2v) is 8.67. The fourth-order valence-corrected chi connectivity index (χ4v) is 4.59. The van der Waals surface area contributed by atoms with Crippen molar-refractivity contribution < 1.29 is 22.7 Å². The molecule has 0 aliphatic carbocycles. The van der Waals surface area contributed by atoms with Crippen LogP contribution in [0, 0.1) is 5.92 Å². The van der Waals surface area contributed by atoms with E-state index < -0.39 is 28.1 Å². The number of hydrogen-bond acceptors (Lipinski definition) is 5. The third kappa shape index (κ3) is 3.21. The molecule has 2 aliphatic heterocycles. The van der Waals surface area contributed by atoms with Crippen LogP contribution in [0.4, 0.5) is 4.79 Å². The lowest BCUT2D eigenvalue weighted by Gasteiger charge is -2.21. The number of amides is 2. The summed E-state index contributed by atoms with van der Waals surface area (Å²) in [5.41, 5.74) is 1.69. The largest absolute Gasteiger partial charge is 0.444 e. The molecule has 0 bridgehead atoms. The van der Waals surface area contributed by atoms with Crippen LogP contribution in [0.1, 0.15) is 25.8 Å². The molecule has 3 rings (SSSR count). The minimum atomic E-state index is -3.71. The normalized spacial score (nSPS) is 20.2. The van der Waals surface area contributed by atoms with E-state index in [0.29, 0.717) is 24.2 Å². The van der Waals surface area contributed by atoms with E-state index >= 15 is 0 Å². The summed E-state index contributed by atoms with van der Waals surface area (Å²) in [5.74, 6) is -0.739. The minimum absolute atomic E-state index is 0.120. The third-order valence-corrected chi connectivity index (χ3v) is 5.72. The summed E-state index contributed by atoms with van der Waals surface area (Å²) in [6.07, 6.45) is 0.833. The Morgan fingerprint density at radius 1 is 1.27 bits per heavy atom. The van der Waals surface area contributed by atoms with Gasteiger partial charge in [0.2, 0.25) is 10.0 Å². The summed E-state index contributed by atoms with van der Waals surface area (Å²) in [6, 6.07) is 8.66. The molecule has 1 aromatic carbocycles. The summed E-state index contributed by atoms with van der Waals surface area (Å²) < 4.78 is 30.5. The van der Waals surface area contributed by atoms with Crippen LogP contribution in [0.2, 0.25) is 0 Å². The molecule has 1 atom stereocenters. The predicted octanol–water partition coefficient (Wildman–Crippen LogP) is 2.11. The highest BCUT2D eigenvalue weighted by atomic mass is 32.2. The van der Waals surface area contributed by atoms with Gasteiger partial charge < -0.3 is 4.74 Å². The number of carbonyl (C=O) groups excluding carboxylic acids is 2. The van der Waals surface area contributed by atoms with E-state index in [1.807, 2.05) is 44.2 Å². The van der Waals surface area contributed by atoms with Crippen LogP contribution in [0.3, 0.4) is 0 Å². The number of hydrogen-bond donors (Lipinski definition) is 0. The Morgan fingerprint density at radius 3 is 2.50 bits per heavy atom. The maximum atomic E-state index is 12.7. The molecular formula is C18H22N2O5S. The number of likely N-dealkylation sites (tertiary alicyclic amines) is 1. The summed E-state index contributed by atoms with van der Waals surface area (Å²) >= 11 is 0. The van der Waals surface area contributed by atoms with Crippen molar-refractivity contribution in [2.45, 2.75) is 32.9 Å². The van der Waals surface area contributed by atoms with Gasteiger partial charge in [-0.25, -0.2) is 17.5 Å². The van der Waals surface area contributed by atoms with E-state index in [2.05, 4.69) is 0 Å². The van der Waals surface area contributed by atoms with Crippen molar-refractivity contribution in [3.05, 3.63) is 47.2 Å². The number of carbonyl (C=O) groups is 2. The molecule has 1 aromatic rings. The third-order valence-electron chi connectivity index (χ3n) is 4.58. The fourth-order valence-electron chi connectivity index (χ4n) is 3.52. The average Bonchev–Trinajstić information content (AvgIpc) is 3.08. The van der Waals surface area contributed by atoms with Crippen LogP contribution in [-0.2, 0) is 26.2 Å². The summed E-state index contributed by atoms with van der Waals surface area (Å²) in [4.78, 5) is 26.7. The maximum Gasteiger partial charge on any atom is 0.414 e. The van der Waals surface area contributed by atoms with Gasteiger partial charge in [-0.15, -0.1) is 0 Å². The van der Waals surface area contributed by atoms with E-state index in [1.165, 1.54) is 4.90 Å². The van der Waals surface area contributed by atoms with Crippen LogP contribution < -0.4 is 0 Å². The zero-order chi connectivity index (χ0) is 19.1. The zero-order valence-corrected chi connectivity index (χ0v) is 15.8. The molecule has 7 nitrogen and oxygen atoms in total. The number of fused-ring (bicyclic) bond motifs is 1. The van der Waals surface area contributed by atoms with Gasteiger partial charge in [0.15, 0.2) is 0 Å². The SMILES string of the molecule is CC(C)C1=C2[C@H](CCN2C(=O)OCc2ccccc2)N(S(C)(=O)=O)C1=O. The Balaban J connectivity index is 1.86. The summed E-state index contributed by atoms with van der Waals surface area (Å²) in [7, 11) is -3.71. The van der Waals surface area contributed by atoms with Crippen molar-refractivity contribution in [1.82, 2.24) is 9.21 Å². The second kappa shape index (κ2) is 6.75. The van der Waals surface area contributed by atoms with E-state index in [9.17, 15) is 18.0 Å². The number of ether oxygens (including phenoxy) is 1. The first-order valence-electron chi connectivity index (χ1n) is 8.47. The molecule has 2 aliphatic rings. The van der Waals surface area contributed by atoms with Gasteiger partial charge in [-0.1, -0.05) is 44.2 Å². The molecule has 0 spiro atoms. The molecule has 1 fully saturated rings. The van der Waals surface area contributed by atoms with E-state index in [0.717, 1.165) is 16.1 Å². The highest BCUT2D eigenvalue weighted by Gasteiger charge is 2.51. The van der Waals surface area contributed by atoms with Gasteiger partial charge in [0, 0.05) is 12.1 Å². The molecule has 0 aromatic heterocycles. The standard InChI is InChI=1S/C18H22N2O5S/c1-12(2)15-16-14(20(17(15)21)26(3,23)24)9-10-19(16)18(22)25-11-13-7-5-4-6-8-13/h4-8,12,14H,9-11H2,1-3H3/t14-/m0/s1. The number of benzene rings is 1. The quantitative estimate of drug-likeness (QED) is 0.801. The molecule has 2 amide bonds. The highest BCUT2D eigenvalue weighted by molar-refractivity contribution is 7.89. The molecule has 26 heavy (non-hydrogen) atoms. The van der Waals surface area contributed by atoms with Crippen LogP contribution in [0.5, 0.6) is 0 Å². The van der Waals surface area contributed by atoms with Gasteiger partial charge in [-0.3, -0.25) is 9.69 Å². The van der Waals surface area contributed by atoms with Crippen molar-refractivity contribution in [1.29, 1.82) is 0 Å². The lowest BCUT2D eigenvalue weighted by Crippen LogP contribution is -2.39. The predicted molar refractivity (Wildman–Crippen MR) is 95.3 cm³/mol. The van der Waals surface area contributed by atoms with Crippen LogP contribution in [0.15, 0.2) is 41.6 Å². The van der Waals surface area contributed by atoms with Crippen molar-refractivity contribution in [3.8, 4) is 0 Å². The molecule has 1 saturated heterocycles. The molecule has 140 valence electrons. The molecule has 0 N–H and O–H groups in total. The Morgan fingerprint density at radius 2 is 1.92 bits per heavy atom. The van der Waals surface area contributed by atoms with E-state index in [4.69, 9.17) is 4.74 Å². The van der Waals surface area contributed by atoms with E-state index in [1.54, 1.807) is 0 Å². The lowest BCUT2D eigenvalue weighted by molar-refractivity contribution is -0.122. The van der Waals surface area contributed by atoms with Crippen LogP contribution >= 0.6 is 0 Å². The topological polar surface area (TPSA) is 84.0 Å². The van der Waals surface area contributed by atoms with Gasteiger partial charge in [0.05, 0.1) is 18.0 Å². The van der Waals surface area contributed by atoms with Crippen molar-refractivity contribution in [2.75, 3.05) is 12.8 Å². The first kappa shape index (κ1) is 18.4. The summed E-state index contributed by atoms with van der Waals surface area (Å²) in [6.45, 7) is 4.07. The molecule has 2 heterocycles. The highest BCUT2D eigenvalue weighted by Crippen LogP contribution is 2.40. The maximum absolute atomic E-state index is 12.7. The lowest BCUT2D eigenvalue weighted by atomic mass is 10.0. The summed E-state index contributed by atoms with van der Waals surface area (Å²) in [5, 5.41) is 0. The average molecular weight is 378 g/mol. The van der Waals surface area contributed by atoms with Gasteiger partial charge >= 0.3 is 6.09 Å². The number of nitrogens with zero attached hydrogens (tertiary/aromatic N) is 2. The second-order valence-electron chi connectivity index (χ2n) is 6.81. The van der Waals surface area contributed by atoms with Crippen molar-refractivity contribution in [2.24, 2.45) is 5.92 Å². The van der Waals surface area contributed by atoms with Gasteiger partial charge in [-0.05, 0) is 17.9 Å². The zero-order valence-electron chi connectivity index (χ0n) is 15.0. The van der Waals surface area contributed by atoms with E-state index in [-0.39, 0.29) is 12.5 Å². The Hall–Kier alpha value is -2.35. The van der Waals surface area contributed by atoms with Crippen LogP contribution in [-0.4, -0.2) is 48.5 Å². The van der Waals surface area contributed by atoms with Crippen molar-refractivity contribution >= 4 is 22.0 Å². The molecule has 8 heteroatoms. The monoisotopic (exact) mass is 378 g/mol. The molecule has 0 saturated carbocycles. The molecule has 0 unspecified atom stereocenters. The van der Waals surface area contributed by atoms with Crippen molar-refractivity contribution in [3.63, 3.8) is 0 Å².